The van der Waals surface area contributed by atoms with Crippen LogP contribution in [0.1, 0.15) is 11.6 Å². The van der Waals surface area contributed by atoms with Crippen molar-refractivity contribution in [2.24, 2.45) is 5.73 Å². The fourth-order valence-corrected chi connectivity index (χ4v) is 3.55. The molecule has 0 spiro atoms. The lowest BCUT2D eigenvalue weighted by Gasteiger charge is -2.16. The highest BCUT2D eigenvalue weighted by atomic mass is 32.2. The molecule has 0 aliphatic carbocycles. The summed E-state index contributed by atoms with van der Waals surface area (Å²) in [5.41, 5.74) is 6.88. The van der Waals surface area contributed by atoms with Gasteiger partial charge in [0.15, 0.2) is 4.90 Å². The number of nitrogens with two attached hydrogens (primary N) is 1. The largest absolute Gasteiger partial charge is 0.495 e. The maximum absolute atomic E-state index is 12.6. The van der Waals surface area contributed by atoms with Crippen molar-refractivity contribution in [2.75, 3.05) is 20.8 Å². The first kappa shape index (κ1) is 17.3. The lowest BCUT2D eigenvalue weighted by atomic mass is 10.1. The summed E-state index contributed by atoms with van der Waals surface area (Å²) in [5, 5.41) is 0. The summed E-state index contributed by atoms with van der Waals surface area (Å²) in [4.78, 5) is -0.0368. The Labute approximate surface area is 136 Å². The Morgan fingerprint density at radius 1 is 1.00 bits per heavy atom. The molecular weight excluding hydrogens is 316 g/mol. The van der Waals surface area contributed by atoms with Gasteiger partial charge in [-0.3, -0.25) is 0 Å². The minimum absolute atomic E-state index is 0.0368. The monoisotopic (exact) mass is 336 g/mol. The molecule has 0 aliphatic rings. The first-order valence-corrected chi connectivity index (χ1v) is 8.49. The number of benzene rings is 2. The minimum atomic E-state index is -3.83. The van der Waals surface area contributed by atoms with Crippen molar-refractivity contribution in [3.8, 4) is 11.5 Å². The van der Waals surface area contributed by atoms with Crippen LogP contribution in [0, 0.1) is 0 Å². The Kier molecular flexibility index (Phi) is 5.59. The zero-order valence-corrected chi connectivity index (χ0v) is 13.8. The number of hydrogen-bond donors (Lipinski definition) is 2. The van der Waals surface area contributed by atoms with Gasteiger partial charge in [-0.15, -0.1) is 0 Å². The molecular formula is C16H20N2O4S. The SMILES string of the molecule is COc1cccc(OC)c1S(=O)(=O)NCC(N)c1ccccc1. The van der Waals surface area contributed by atoms with Crippen LogP contribution in [0.15, 0.2) is 53.4 Å². The number of ether oxygens (including phenoxy) is 2. The predicted octanol–water partition coefficient (Wildman–Crippen LogP) is 1.68. The molecule has 1 atom stereocenters. The summed E-state index contributed by atoms with van der Waals surface area (Å²) in [6.07, 6.45) is 0. The van der Waals surface area contributed by atoms with E-state index < -0.39 is 16.1 Å². The Balaban J connectivity index is 2.23. The molecule has 7 heteroatoms. The van der Waals surface area contributed by atoms with Gasteiger partial charge in [0.25, 0.3) is 0 Å². The summed E-state index contributed by atoms with van der Waals surface area (Å²) in [5.74, 6) is 0.426. The van der Waals surface area contributed by atoms with E-state index in [4.69, 9.17) is 15.2 Å². The van der Waals surface area contributed by atoms with Crippen LogP contribution >= 0.6 is 0 Å². The van der Waals surface area contributed by atoms with Crippen molar-refractivity contribution in [3.05, 3.63) is 54.1 Å². The first-order chi connectivity index (χ1) is 11.0. The molecule has 0 fully saturated rings. The molecule has 1 unspecified atom stereocenters. The van der Waals surface area contributed by atoms with E-state index >= 15 is 0 Å². The van der Waals surface area contributed by atoms with Crippen molar-refractivity contribution in [3.63, 3.8) is 0 Å². The van der Waals surface area contributed by atoms with Crippen molar-refractivity contribution in [2.45, 2.75) is 10.9 Å². The molecule has 3 N–H and O–H groups in total. The van der Waals surface area contributed by atoms with Crippen LogP contribution in [0.5, 0.6) is 11.5 Å². The maximum atomic E-state index is 12.6. The van der Waals surface area contributed by atoms with E-state index in [1.165, 1.54) is 14.2 Å². The lowest BCUT2D eigenvalue weighted by Crippen LogP contribution is -2.32. The molecule has 0 aromatic heterocycles. The van der Waals surface area contributed by atoms with E-state index in [1.54, 1.807) is 18.2 Å². The number of sulfonamides is 1. The highest BCUT2D eigenvalue weighted by Gasteiger charge is 2.25. The Morgan fingerprint density at radius 2 is 1.57 bits per heavy atom. The summed E-state index contributed by atoms with van der Waals surface area (Å²) in [6, 6.07) is 13.6. The van der Waals surface area contributed by atoms with Crippen LogP contribution in [0.3, 0.4) is 0 Å². The molecule has 0 heterocycles. The van der Waals surface area contributed by atoms with Crippen molar-refractivity contribution >= 4 is 10.0 Å². The highest BCUT2D eigenvalue weighted by Crippen LogP contribution is 2.32. The van der Waals surface area contributed by atoms with E-state index in [0.29, 0.717) is 0 Å². The standard InChI is InChI=1S/C16H20N2O4S/c1-21-14-9-6-10-15(22-2)16(14)23(19,20)18-11-13(17)12-7-4-3-5-8-12/h3-10,13,18H,11,17H2,1-2H3. The summed E-state index contributed by atoms with van der Waals surface area (Å²) < 4.78 is 38.0. The van der Waals surface area contributed by atoms with Crippen LogP contribution in [0.25, 0.3) is 0 Å². The van der Waals surface area contributed by atoms with Crippen LogP contribution in [0.2, 0.25) is 0 Å². The number of rotatable bonds is 7. The van der Waals surface area contributed by atoms with Crippen LogP contribution in [-0.2, 0) is 10.0 Å². The van der Waals surface area contributed by atoms with Crippen LogP contribution in [0.4, 0.5) is 0 Å². The Morgan fingerprint density at radius 3 is 2.09 bits per heavy atom. The van der Waals surface area contributed by atoms with Gasteiger partial charge in [-0.1, -0.05) is 36.4 Å². The lowest BCUT2D eigenvalue weighted by molar-refractivity contribution is 0.372. The average molecular weight is 336 g/mol. The third-order valence-electron chi connectivity index (χ3n) is 3.37. The predicted molar refractivity (Wildman–Crippen MR) is 88.1 cm³/mol. The smallest absolute Gasteiger partial charge is 0.248 e. The minimum Gasteiger partial charge on any atom is -0.495 e. The van der Waals surface area contributed by atoms with Gasteiger partial charge < -0.3 is 15.2 Å². The molecule has 0 amide bonds. The molecule has 0 saturated carbocycles. The normalized spacial score (nSPS) is 12.7. The average Bonchev–Trinajstić information content (AvgIpc) is 2.59. The van der Waals surface area contributed by atoms with Gasteiger partial charge in [-0.2, -0.15) is 0 Å². The van der Waals surface area contributed by atoms with Gasteiger partial charge in [0.1, 0.15) is 11.5 Å². The third-order valence-corrected chi connectivity index (χ3v) is 4.86. The van der Waals surface area contributed by atoms with Gasteiger partial charge in [-0.25, -0.2) is 13.1 Å². The molecule has 6 nitrogen and oxygen atoms in total. The molecule has 23 heavy (non-hydrogen) atoms. The van der Waals surface area contributed by atoms with Crippen LogP contribution < -0.4 is 19.9 Å². The van der Waals surface area contributed by atoms with Gasteiger partial charge >= 0.3 is 0 Å². The van der Waals surface area contributed by atoms with Crippen molar-refractivity contribution < 1.29 is 17.9 Å². The second-order valence-electron chi connectivity index (χ2n) is 4.86. The summed E-state index contributed by atoms with van der Waals surface area (Å²) in [7, 11) is -1.02. The van der Waals surface area contributed by atoms with E-state index in [2.05, 4.69) is 4.72 Å². The fourth-order valence-electron chi connectivity index (χ4n) is 2.17. The molecule has 2 rings (SSSR count). The van der Waals surface area contributed by atoms with Crippen molar-refractivity contribution in [1.82, 2.24) is 4.72 Å². The number of nitrogens with one attached hydrogen (secondary N) is 1. The summed E-state index contributed by atoms with van der Waals surface area (Å²) in [6.45, 7) is 0.0630. The van der Waals surface area contributed by atoms with E-state index in [9.17, 15) is 8.42 Å². The fraction of sp³-hybridized carbons (Fsp3) is 0.250. The number of hydrogen-bond acceptors (Lipinski definition) is 5. The molecule has 0 bridgehead atoms. The quantitative estimate of drug-likeness (QED) is 0.803. The van der Waals surface area contributed by atoms with E-state index in [-0.39, 0.29) is 22.9 Å². The second-order valence-corrected chi connectivity index (χ2v) is 6.56. The van der Waals surface area contributed by atoms with Gasteiger partial charge in [0.05, 0.1) is 14.2 Å². The Hall–Kier alpha value is -2.09. The van der Waals surface area contributed by atoms with Gasteiger partial charge in [0, 0.05) is 12.6 Å². The maximum Gasteiger partial charge on any atom is 0.248 e. The molecule has 2 aromatic carbocycles. The highest BCUT2D eigenvalue weighted by molar-refractivity contribution is 7.89. The van der Waals surface area contributed by atoms with Gasteiger partial charge in [0.2, 0.25) is 10.0 Å². The van der Waals surface area contributed by atoms with Gasteiger partial charge in [-0.05, 0) is 17.7 Å². The summed E-state index contributed by atoms with van der Waals surface area (Å²) >= 11 is 0. The molecule has 0 saturated heterocycles. The topological polar surface area (TPSA) is 90.6 Å². The van der Waals surface area contributed by atoms with E-state index in [1.807, 2.05) is 30.3 Å². The number of methoxy groups -OCH3 is 2. The van der Waals surface area contributed by atoms with Crippen LogP contribution in [-0.4, -0.2) is 29.2 Å². The third kappa shape index (κ3) is 4.01. The zero-order chi connectivity index (χ0) is 16.9. The molecule has 0 radical (unpaired) electrons. The molecule has 2 aromatic rings. The molecule has 124 valence electrons. The zero-order valence-electron chi connectivity index (χ0n) is 13.0. The molecule has 0 aliphatic heterocycles. The Bertz CT molecular complexity index is 726. The van der Waals surface area contributed by atoms with Crippen molar-refractivity contribution in [1.29, 1.82) is 0 Å². The first-order valence-electron chi connectivity index (χ1n) is 7.00. The second kappa shape index (κ2) is 7.45. The van der Waals surface area contributed by atoms with E-state index in [0.717, 1.165) is 5.56 Å².